The summed E-state index contributed by atoms with van der Waals surface area (Å²) in [5.74, 6) is 0.802. The average molecular weight is 344 g/mol. The van der Waals surface area contributed by atoms with Crippen LogP contribution in [0.15, 0.2) is 30.3 Å². The number of benzene rings is 1. The maximum absolute atomic E-state index is 12.7. The standard InChI is InChI=1S/C18H24N4O3/c1-13(19)11-25-12-15-9-17-18(23)21(7-8-22(17)20-15)10-14-3-5-16(24-2)6-4-14/h3-6,9,13H,7-8,10-12,19H2,1-2H3/t13-/m0/s1. The molecular weight excluding hydrogens is 320 g/mol. The molecule has 0 fully saturated rings. The molecule has 2 N–H and O–H groups in total. The molecule has 0 radical (unpaired) electrons. The van der Waals surface area contributed by atoms with E-state index in [4.69, 9.17) is 15.2 Å². The number of ether oxygens (including phenoxy) is 2. The van der Waals surface area contributed by atoms with Crippen LogP contribution in [0.5, 0.6) is 5.75 Å². The van der Waals surface area contributed by atoms with Crippen LogP contribution in [-0.2, 0) is 24.4 Å². The SMILES string of the molecule is COc1ccc(CN2CCn3nc(COC[C@H](C)N)cc3C2=O)cc1. The molecule has 1 aliphatic heterocycles. The Balaban J connectivity index is 1.64. The molecule has 0 bridgehead atoms. The van der Waals surface area contributed by atoms with Gasteiger partial charge >= 0.3 is 0 Å². The Morgan fingerprint density at radius 1 is 1.28 bits per heavy atom. The van der Waals surface area contributed by atoms with E-state index in [9.17, 15) is 4.79 Å². The molecule has 1 aromatic heterocycles. The molecule has 134 valence electrons. The van der Waals surface area contributed by atoms with Crippen molar-refractivity contribution in [3.05, 3.63) is 47.3 Å². The minimum atomic E-state index is -0.0149. The van der Waals surface area contributed by atoms with Gasteiger partial charge in [-0.1, -0.05) is 12.1 Å². The molecule has 1 atom stereocenters. The molecule has 0 unspecified atom stereocenters. The Hall–Kier alpha value is -2.38. The predicted molar refractivity (Wildman–Crippen MR) is 93.3 cm³/mol. The Morgan fingerprint density at radius 3 is 2.72 bits per heavy atom. The van der Waals surface area contributed by atoms with E-state index in [1.807, 2.05) is 42.2 Å². The van der Waals surface area contributed by atoms with Crippen molar-refractivity contribution in [2.24, 2.45) is 5.73 Å². The van der Waals surface area contributed by atoms with Gasteiger partial charge in [-0.2, -0.15) is 5.10 Å². The first-order chi connectivity index (χ1) is 12.1. The van der Waals surface area contributed by atoms with E-state index in [-0.39, 0.29) is 11.9 Å². The lowest BCUT2D eigenvalue weighted by atomic mass is 10.2. The van der Waals surface area contributed by atoms with Crippen LogP contribution < -0.4 is 10.5 Å². The lowest BCUT2D eigenvalue weighted by molar-refractivity contribution is 0.0683. The number of fused-ring (bicyclic) bond motifs is 1. The van der Waals surface area contributed by atoms with Crippen LogP contribution in [0.3, 0.4) is 0 Å². The third-order valence-electron chi connectivity index (χ3n) is 4.08. The van der Waals surface area contributed by atoms with Gasteiger partial charge in [0.1, 0.15) is 11.4 Å². The number of amides is 1. The van der Waals surface area contributed by atoms with Gasteiger partial charge in [0.2, 0.25) is 0 Å². The first kappa shape index (κ1) is 17.4. The topological polar surface area (TPSA) is 82.6 Å². The van der Waals surface area contributed by atoms with Crippen LogP contribution in [0.4, 0.5) is 0 Å². The number of hydrogen-bond donors (Lipinski definition) is 1. The Bertz CT molecular complexity index is 724. The number of nitrogens with two attached hydrogens (primary N) is 1. The molecule has 3 rings (SSSR count). The number of carbonyl (C=O) groups is 1. The van der Waals surface area contributed by atoms with Gasteiger partial charge in [0.15, 0.2) is 0 Å². The second kappa shape index (κ2) is 7.67. The summed E-state index contributed by atoms with van der Waals surface area (Å²) in [5, 5.41) is 4.45. The van der Waals surface area contributed by atoms with Crippen molar-refractivity contribution in [3.63, 3.8) is 0 Å². The summed E-state index contributed by atoms with van der Waals surface area (Å²) < 4.78 is 12.4. The smallest absolute Gasteiger partial charge is 0.272 e. The summed E-state index contributed by atoms with van der Waals surface area (Å²) in [4.78, 5) is 14.6. The quantitative estimate of drug-likeness (QED) is 0.821. The maximum atomic E-state index is 12.7. The summed E-state index contributed by atoms with van der Waals surface area (Å²) in [7, 11) is 1.64. The summed E-state index contributed by atoms with van der Waals surface area (Å²) >= 11 is 0. The molecule has 1 aromatic carbocycles. The number of methoxy groups -OCH3 is 1. The first-order valence-electron chi connectivity index (χ1n) is 8.39. The highest BCUT2D eigenvalue weighted by atomic mass is 16.5. The van der Waals surface area contributed by atoms with Gasteiger partial charge in [-0.3, -0.25) is 9.48 Å². The van der Waals surface area contributed by atoms with E-state index in [0.717, 1.165) is 17.0 Å². The second-order valence-corrected chi connectivity index (χ2v) is 6.31. The number of nitrogens with zero attached hydrogens (tertiary/aromatic N) is 3. The third-order valence-corrected chi connectivity index (χ3v) is 4.08. The maximum Gasteiger partial charge on any atom is 0.272 e. The van der Waals surface area contributed by atoms with Gasteiger partial charge in [0.05, 0.1) is 32.6 Å². The van der Waals surface area contributed by atoms with Crippen LogP contribution in [0, 0.1) is 0 Å². The lowest BCUT2D eigenvalue weighted by Crippen LogP contribution is -2.39. The van der Waals surface area contributed by atoms with Crippen molar-refractivity contribution in [3.8, 4) is 5.75 Å². The van der Waals surface area contributed by atoms with E-state index < -0.39 is 0 Å². The molecule has 0 aliphatic carbocycles. The molecular formula is C18H24N4O3. The Labute approximate surface area is 147 Å². The highest BCUT2D eigenvalue weighted by Crippen LogP contribution is 2.18. The minimum Gasteiger partial charge on any atom is -0.497 e. The van der Waals surface area contributed by atoms with E-state index in [0.29, 0.717) is 38.5 Å². The number of hydrogen-bond acceptors (Lipinski definition) is 5. The van der Waals surface area contributed by atoms with Crippen LogP contribution in [0.25, 0.3) is 0 Å². The molecule has 0 saturated carbocycles. The molecule has 0 spiro atoms. The van der Waals surface area contributed by atoms with Crippen LogP contribution in [0.1, 0.15) is 28.7 Å². The van der Waals surface area contributed by atoms with Crippen molar-refractivity contribution in [1.29, 1.82) is 0 Å². The molecule has 7 nitrogen and oxygen atoms in total. The number of aromatic nitrogens is 2. The molecule has 1 amide bonds. The highest BCUT2D eigenvalue weighted by molar-refractivity contribution is 5.93. The van der Waals surface area contributed by atoms with Crippen molar-refractivity contribution >= 4 is 5.91 Å². The lowest BCUT2D eigenvalue weighted by Gasteiger charge is -2.27. The van der Waals surface area contributed by atoms with Crippen molar-refractivity contribution < 1.29 is 14.3 Å². The van der Waals surface area contributed by atoms with Gasteiger partial charge in [-0.15, -0.1) is 0 Å². The van der Waals surface area contributed by atoms with Crippen molar-refractivity contribution in [1.82, 2.24) is 14.7 Å². The average Bonchev–Trinajstić information content (AvgIpc) is 3.01. The summed E-state index contributed by atoms with van der Waals surface area (Å²) in [6.45, 7) is 4.63. The molecule has 0 saturated heterocycles. The summed E-state index contributed by atoms with van der Waals surface area (Å²) in [6, 6.07) is 9.56. The molecule has 1 aliphatic rings. The number of rotatable bonds is 7. The van der Waals surface area contributed by atoms with Gasteiger partial charge in [-0.05, 0) is 30.7 Å². The largest absolute Gasteiger partial charge is 0.497 e. The van der Waals surface area contributed by atoms with Crippen molar-refractivity contribution in [2.45, 2.75) is 32.7 Å². The second-order valence-electron chi connectivity index (χ2n) is 6.31. The van der Waals surface area contributed by atoms with Crippen LogP contribution in [-0.4, -0.2) is 46.9 Å². The molecule has 2 aromatic rings. The molecule has 25 heavy (non-hydrogen) atoms. The zero-order valence-corrected chi connectivity index (χ0v) is 14.6. The summed E-state index contributed by atoms with van der Waals surface area (Å²) in [6.07, 6.45) is 0. The van der Waals surface area contributed by atoms with E-state index in [1.54, 1.807) is 11.8 Å². The third kappa shape index (κ3) is 4.18. The van der Waals surface area contributed by atoms with Gasteiger partial charge in [-0.25, -0.2) is 0 Å². The Kier molecular flexibility index (Phi) is 5.35. The normalized spacial score (nSPS) is 15.2. The van der Waals surface area contributed by atoms with Gasteiger partial charge in [0, 0.05) is 19.1 Å². The van der Waals surface area contributed by atoms with E-state index in [2.05, 4.69) is 5.10 Å². The molecule has 7 heteroatoms. The zero-order valence-electron chi connectivity index (χ0n) is 14.6. The van der Waals surface area contributed by atoms with Crippen LogP contribution in [0.2, 0.25) is 0 Å². The Morgan fingerprint density at radius 2 is 2.04 bits per heavy atom. The van der Waals surface area contributed by atoms with Crippen LogP contribution >= 0.6 is 0 Å². The minimum absolute atomic E-state index is 0.00647. The monoisotopic (exact) mass is 344 g/mol. The molecule has 2 heterocycles. The summed E-state index contributed by atoms with van der Waals surface area (Å²) in [5.41, 5.74) is 8.11. The fourth-order valence-electron chi connectivity index (χ4n) is 2.81. The van der Waals surface area contributed by atoms with Gasteiger partial charge < -0.3 is 20.1 Å². The van der Waals surface area contributed by atoms with E-state index in [1.165, 1.54) is 0 Å². The zero-order chi connectivity index (χ0) is 17.8. The first-order valence-corrected chi connectivity index (χ1v) is 8.39. The van der Waals surface area contributed by atoms with Gasteiger partial charge in [0.25, 0.3) is 5.91 Å². The van der Waals surface area contributed by atoms with Crippen molar-refractivity contribution in [2.75, 3.05) is 20.3 Å². The fourth-order valence-corrected chi connectivity index (χ4v) is 2.81. The fraction of sp³-hybridized carbons (Fsp3) is 0.444. The highest BCUT2D eigenvalue weighted by Gasteiger charge is 2.26. The predicted octanol–water partition coefficient (Wildman–Crippen LogP) is 1.41. The van der Waals surface area contributed by atoms with E-state index >= 15 is 0 Å². The number of carbonyl (C=O) groups excluding carboxylic acids is 1.